The maximum atomic E-state index is 14.0. The molecule has 0 heterocycles. The highest BCUT2D eigenvalue weighted by atomic mass is 19.1. The van der Waals surface area contributed by atoms with Gasteiger partial charge < -0.3 is 10.5 Å². The average molecular weight is 298 g/mol. The first-order chi connectivity index (χ1) is 10.6. The summed E-state index contributed by atoms with van der Waals surface area (Å²) in [4.78, 5) is 11.4. The molecule has 113 valence electrons. The Morgan fingerprint density at radius 3 is 2.68 bits per heavy atom. The molecule has 0 saturated carbocycles. The van der Waals surface area contributed by atoms with Crippen molar-refractivity contribution in [3.8, 4) is 5.75 Å². The van der Waals surface area contributed by atoms with Crippen molar-refractivity contribution in [3.05, 3.63) is 58.9 Å². The monoisotopic (exact) mass is 298 g/mol. The third kappa shape index (κ3) is 3.48. The zero-order chi connectivity index (χ0) is 16.1. The fraction of sp³-hybridized carbons (Fsp3) is 0.235. The van der Waals surface area contributed by atoms with E-state index in [-0.39, 0.29) is 5.56 Å². The first-order valence-electron chi connectivity index (χ1n) is 7.10. The SMILES string of the molecule is C[B]c1ccc(OC)c(CCc2c(F)cccc2C(N)=O)c1. The van der Waals surface area contributed by atoms with Crippen LogP contribution in [0.3, 0.4) is 0 Å². The molecular formula is C17H18BFNO2. The van der Waals surface area contributed by atoms with E-state index in [4.69, 9.17) is 10.5 Å². The van der Waals surface area contributed by atoms with Crippen LogP contribution in [0, 0.1) is 5.82 Å². The number of hydrogen-bond acceptors (Lipinski definition) is 2. The number of methoxy groups -OCH3 is 1. The number of carbonyl (C=O) groups is 1. The van der Waals surface area contributed by atoms with Crippen LogP contribution in [0.5, 0.6) is 5.75 Å². The van der Waals surface area contributed by atoms with Crippen molar-refractivity contribution in [3.63, 3.8) is 0 Å². The number of aryl methyl sites for hydroxylation is 1. The minimum absolute atomic E-state index is 0.233. The smallest absolute Gasteiger partial charge is 0.249 e. The average Bonchev–Trinajstić information content (AvgIpc) is 2.53. The van der Waals surface area contributed by atoms with E-state index in [1.165, 1.54) is 12.1 Å². The van der Waals surface area contributed by atoms with Gasteiger partial charge in [0.25, 0.3) is 0 Å². The molecule has 0 aliphatic heterocycles. The topological polar surface area (TPSA) is 52.3 Å². The van der Waals surface area contributed by atoms with Crippen LogP contribution in [0.25, 0.3) is 0 Å². The summed E-state index contributed by atoms with van der Waals surface area (Å²) in [5.74, 6) is -0.270. The maximum Gasteiger partial charge on any atom is 0.249 e. The van der Waals surface area contributed by atoms with Gasteiger partial charge in [0, 0.05) is 11.1 Å². The molecule has 0 spiro atoms. The highest BCUT2D eigenvalue weighted by Crippen LogP contribution is 2.21. The van der Waals surface area contributed by atoms with E-state index in [0.717, 1.165) is 16.8 Å². The summed E-state index contributed by atoms with van der Waals surface area (Å²) in [5.41, 5.74) is 7.94. The number of rotatable bonds is 6. The van der Waals surface area contributed by atoms with Crippen molar-refractivity contribution in [2.45, 2.75) is 19.7 Å². The van der Waals surface area contributed by atoms with Crippen LogP contribution in [0.4, 0.5) is 4.39 Å². The van der Waals surface area contributed by atoms with Crippen LogP contribution in [-0.4, -0.2) is 20.3 Å². The molecule has 5 heteroatoms. The Morgan fingerprint density at radius 1 is 1.27 bits per heavy atom. The van der Waals surface area contributed by atoms with E-state index >= 15 is 0 Å². The quantitative estimate of drug-likeness (QED) is 0.830. The first-order valence-corrected chi connectivity index (χ1v) is 7.10. The molecule has 3 nitrogen and oxygen atoms in total. The van der Waals surface area contributed by atoms with Crippen LogP contribution in [0.1, 0.15) is 21.5 Å². The lowest BCUT2D eigenvalue weighted by atomic mass is 9.72. The third-order valence-electron chi connectivity index (χ3n) is 3.67. The summed E-state index contributed by atoms with van der Waals surface area (Å²) in [5, 5.41) is 0. The molecule has 0 bridgehead atoms. The van der Waals surface area contributed by atoms with E-state index < -0.39 is 11.7 Å². The maximum absolute atomic E-state index is 14.0. The fourth-order valence-electron chi connectivity index (χ4n) is 2.48. The summed E-state index contributed by atoms with van der Waals surface area (Å²) in [6.07, 6.45) is 0.945. The minimum Gasteiger partial charge on any atom is -0.496 e. The number of benzene rings is 2. The van der Waals surface area contributed by atoms with Crippen molar-refractivity contribution in [1.82, 2.24) is 0 Å². The molecule has 0 aromatic heterocycles. The number of amides is 1. The van der Waals surface area contributed by atoms with E-state index in [0.29, 0.717) is 18.4 Å². The molecule has 2 rings (SSSR count). The Morgan fingerprint density at radius 2 is 2.05 bits per heavy atom. The second-order valence-corrected chi connectivity index (χ2v) is 4.99. The van der Waals surface area contributed by atoms with Gasteiger partial charge in [-0.1, -0.05) is 30.5 Å². The van der Waals surface area contributed by atoms with Gasteiger partial charge in [0.15, 0.2) is 0 Å². The summed E-state index contributed by atoms with van der Waals surface area (Å²) in [7, 11) is 3.59. The summed E-state index contributed by atoms with van der Waals surface area (Å²) in [6.45, 7) is 1.95. The zero-order valence-corrected chi connectivity index (χ0v) is 12.7. The molecule has 1 amide bonds. The number of halogens is 1. The molecule has 2 N–H and O–H groups in total. The standard InChI is InChI=1S/C17H18BFNO2/c1-18-12-7-9-16(22-2)11(10-12)6-8-13-14(17(20)21)4-3-5-15(13)19/h3-5,7,9-10H,6,8H2,1-2H3,(H2,20,21). The van der Waals surface area contributed by atoms with E-state index in [2.05, 4.69) is 0 Å². The van der Waals surface area contributed by atoms with E-state index in [9.17, 15) is 9.18 Å². The Labute approximate surface area is 130 Å². The Hall–Kier alpha value is -2.30. The largest absolute Gasteiger partial charge is 0.496 e. The lowest BCUT2D eigenvalue weighted by Crippen LogP contribution is -2.16. The van der Waals surface area contributed by atoms with E-state index in [1.54, 1.807) is 13.2 Å². The van der Waals surface area contributed by atoms with Crippen molar-refractivity contribution >= 4 is 18.6 Å². The van der Waals surface area contributed by atoms with Gasteiger partial charge in [0.05, 0.1) is 7.11 Å². The molecule has 22 heavy (non-hydrogen) atoms. The summed E-state index contributed by atoms with van der Waals surface area (Å²) in [6, 6.07) is 10.2. The normalized spacial score (nSPS) is 10.3. The molecule has 0 saturated heterocycles. The molecular weight excluding hydrogens is 280 g/mol. The predicted octanol–water partition coefficient (Wildman–Crippen LogP) is 2.10. The van der Waals surface area contributed by atoms with Crippen LogP contribution in [-0.2, 0) is 12.8 Å². The van der Waals surface area contributed by atoms with Gasteiger partial charge in [-0.15, -0.1) is 0 Å². The van der Waals surface area contributed by atoms with Gasteiger partial charge in [-0.25, -0.2) is 4.39 Å². The van der Waals surface area contributed by atoms with Crippen molar-refractivity contribution in [2.24, 2.45) is 5.73 Å². The molecule has 0 unspecified atom stereocenters. The summed E-state index contributed by atoms with van der Waals surface area (Å²) >= 11 is 0. The van der Waals surface area contributed by atoms with Crippen molar-refractivity contribution in [1.29, 1.82) is 0 Å². The van der Waals surface area contributed by atoms with Gasteiger partial charge in [-0.3, -0.25) is 4.79 Å². The molecule has 2 aromatic rings. The molecule has 1 radical (unpaired) electrons. The van der Waals surface area contributed by atoms with E-state index in [1.807, 2.05) is 32.3 Å². The van der Waals surface area contributed by atoms with Crippen molar-refractivity contribution < 1.29 is 13.9 Å². The lowest BCUT2D eigenvalue weighted by Gasteiger charge is -2.12. The Balaban J connectivity index is 2.29. The molecule has 0 fully saturated rings. The molecule has 0 aliphatic rings. The van der Waals surface area contributed by atoms with Gasteiger partial charge in [0.2, 0.25) is 5.91 Å². The predicted molar refractivity (Wildman–Crippen MR) is 86.6 cm³/mol. The van der Waals surface area contributed by atoms with Gasteiger partial charge in [-0.05, 0) is 36.6 Å². The van der Waals surface area contributed by atoms with Gasteiger partial charge in [-0.2, -0.15) is 0 Å². The minimum atomic E-state index is -0.614. The number of hydrogen-bond donors (Lipinski definition) is 1. The fourth-order valence-corrected chi connectivity index (χ4v) is 2.48. The van der Waals surface area contributed by atoms with Gasteiger partial charge in [0.1, 0.15) is 18.8 Å². The second kappa shape index (κ2) is 7.12. The van der Waals surface area contributed by atoms with Crippen molar-refractivity contribution in [2.75, 3.05) is 7.11 Å². The highest BCUT2D eigenvalue weighted by molar-refractivity contribution is 6.51. The van der Waals surface area contributed by atoms with Crippen LogP contribution < -0.4 is 15.9 Å². The number of carbonyl (C=O) groups excluding carboxylic acids is 1. The third-order valence-corrected chi connectivity index (χ3v) is 3.67. The number of nitrogens with two attached hydrogens (primary N) is 1. The first kappa shape index (κ1) is 16.1. The van der Waals surface area contributed by atoms with Gasteiger partial charge >= 0.3 is 0 Å². The van der Waals surface area contributed by atoms with Crippen LogP contribution in [0.2, 0.25) is 6.82 Å². The Bertz CT molecular complexity index is 688. The number of primary amides is 1. The second-order valence-electron chi connectivity index (χ2n) is 4.99. The lowest BCUT2D eigenvalue weighted by molar-refractivity contribution is 0.0999. The molecule has 2 aromatic carbocycles. The van der Waals surface area contributed by atoms with Crippen LogP contribution >= 0.6 is 0 Å². The zero-order valence-electron chi connectivity index (χ0n) is 12.7. The molecule has 0 atom stereocenters. The highest BCUT2D eigenvalue weighted by Gasteiger charge is 2.14. The Kier molecular flexibility index (Phi) is 5.20. The summed E-state index contributed by atoms with van der Waals surface area (Å²) < 4.78 is 19.3. The molecule has 0 aliphatic carbocycles. The van der Waals surface area contributed by atoms with Crippen LogP contribution in [0.15, 0.2) is 36.4 Å². The number of ether oxygens (including phenoxy) is 1.